The van der Waals surface area contributed by atoms with Gasteiger partial charge in [0.1, 0.15) is 0 Å². The van der Waals surface area contributed by atoms with Gasteiger partial charge in [-0.2, -0.15) is 127 Å². The van der Waals surface area contributed by atoms with Gasteiger partial charge in [0.15, 0.2) is 0 Å². The van der Waals surface area contributed by atoms with Crippen molar-refractivity contribution in [2.75, 3.05) is 0 Å². The minimum atomic E-state index is -9.96. The van der Waals surface area contributed by atoms with E-state index in [2.05, 4.69) is 0 Å². The van der Waals surface area contributed by atoms with Gasteiger partial charge in [-0.1, -0.05) is 6.08 Å². The molecule has 0 radical (unpaired) electrons. The molecule has 0 aromatic heterocycles. The van der Waals surface area contributed by atoms with Gasteiger partial charge in [0.2, 0.25) is 0 Å². The molecular weight excluding hydrogens is 823 g/mol. The van der Waals surface area contributed by atoms with Gasteiger partial charge in [0, 0.05) is 12.0 Å². The molecule has 0 aromatic carbocycles. The van der Waals surface area contributed by atoms with Gasteiger partial charge in [-0.3, -0.25) is 0 Å². The van der Waals surface area contributed by atoms with Crippen molar-refractivity contribution in [1.82, 2.24) is 0 Å². The van der Waals surface area contributed by atoms with Gasteiger partial charge in [0.25, 0.3) is 0 Å². The molecule has 1 N–H and O–H groups in total. The maximum atomic E-state index is 13.9. The summed E-state index contributed by atoms with van der Waals surface area (Å²) in [6, 6.07) is 0. The topological polar surface area (TPSA) is 37.3 Å². The second-order valence-corrected chi connectivity index (χ2v) is 9.83. The average Bonchev–Trinajstić information content (AvgIpc) is 2.90. The van der Waals surface area contributed by atoms with Crippen molar-refractivity contribution < 1.29 is 137 Å². The molecule has 0 saturated heterocycles. The maximum absolute atomic E-state index is 13.9. The number of aliphatic carboxylic acids is 1. The zero-order valence-electron chi connectivity index (χ0n) is 22.8. The van der Waals surface area contributed by atoms with Crippen molar-refractivity contribution in [1.29, 1.82) is 0 Å². The number of carboxylic acids is 1. The van der Waals surface area contributed by atoms with Gasteiger partial charge >= 0.3 is 89.1 Å². The molecule has 2 nitrogen and oxygen atoms in total. The molecule has 0 spiro atoms. The summed E-state index contributed by atoms with van der Waals surface area (Å²) in [5.74, 6) is -123. The first kappa shape index (κ1) is 48.2. The van der Waals surface area contributed by atoms with Gasteiger partial charge in [0.05, 0.1) is 0 Å². The molecule has 0 aromatic rings. The third-order valence-corrected chi connectivity index (χ3v) is 6.40. The number of rotatable bonds is 16. The first-order valence-electron chi connectivity index (χ1n) is 11.5. The Bertz CT molecular complexity index is 1320. The average molecular weight is 832 g/mol. The van der Waals surface area contributed by atoms with Crippen LogP contribution in [0.1, 0.15) is 19.8 Å². The molecule has 31 heteroatoms. The Morgan fingerprint density at radius 2 is 0.588 bits per heavy atom. The third kappa shape index (κ3) is 6.15. The molecule has 0 heterocycles. The zero-order valence-corrected chi connectivity index (χ0v) is 22.8. The Morgan fingerprint density at radius 3 is 0.784 bits per heavy atom. The summed E-state index contributed by atoms with van der Waals surface area (Å²) in [5, 5.41) is 8.41. The molecular formula is C20H9F29O2. The summed E-state index contributed by atoms with van der Waals surface area (Å²) in [7, 11) is 0. The first-order chi connectivity index (χ1) is 21.6. The van der Waals surface area contributed by atoms with E-state index < -0.39 is 108 Å². The molecule has 0 amide bonds. The van der Waals surface area contributed by atoms with E-state index in [1.54, 1.807) is 0 Å². The van der Waals surface area contributed by atoms with Crippen molar-refractivity contribution in [3.05, 3.63) is 11.6 Å². The Kier molecular flexibility index (Phi) is 11.7. The quantitative estimate of drug-likeness (QED) is 0.124. The van der Waals surface area contributed by atoms with E-state index in [0.29, 0.717) is 6.92 Å². The van der Waals surface area contributed by atoms with Crippen LogP contribution in [0.15, 0.2) is 11.6 Å². The van der Waals surface area contributed by atoms with Crippen LogP contribution in [0.25, 0.3) is 0 Å². The lowest BCUT2D eigenvalue weighted by Gasteiger charge is -2.46. The van der Waals surface area contributed by atoms with Gasteiger partial charge in [-0.05, 0) is 13.3 Å². The first-order valence-corrected chi connectivity index (χ1v) is 11.5. The van der Waals surface area contributed by atoms with Gasteiger partial charge in [-0.25, -0.2) is 4.79 Å². The molecule has 0 fully saturated rings. The summed E-state index contributed by atoms with van der Waals surface area (Å²) >= 11 is 0. The standard InChI is InChI=1S/C20H9F29O2/c1-5(6(50)51)3-2-4-7(21,22)8(23,24)9(25,26)10(27,28)11(29,30)12(31,32)13(33,34)14(35,36)15(37,38)16(39,40)17(41,42)18(43,44)19(45,46)20(47,48)49/h3H,2,4H2,1H3,(H,50,51). The number of allylic oxidation sites excluding steroid dienone is 1. The van der Waals surface area contributed by atoms with Crippen LogP contribution in [-0.4, -0.2) is 94.2 Å². The van der Waals surface area contributed by atoms with E-state index in [1.807, 2.05) is 0 Å². The Morgan fingerprint density at radius 1 is 0.392 bits per heavy atom. The summed E-state index contributed by atoms with van der Waals surface area (Å²) in [6.45, 7) is 0.434. The lowest BCUT2D eigenvalue weighted by Crippen LogP contribution is -2.79. The van der Waals surface area contributed by atoms with E-state index in [1.165, 1.54) is 0 Å². The number of carbonyl (C=O) groups is 1. The van der Waals surface area contributed by atoms with Crippen molar-refractivity contribution in [3.63, 3.8) is 0 Å². The maximum Gasteiger partial charge on any atom is 0.460 e. The minimum absolute atomic E-state index is 0.117. The molecule has 0 aliphatic carbocycles. The Balaban J connectivity index is 7.42. The fraction of sp³-hybridized carbons (Fsp3) is 0.850. The predicted molar refractivity (Wildman–Crippen MR) is 101 cm³/mol. The predicted octanol–water partition coefficient (Wildman–Crippen LogP) is 10.6. The van der Waals surface area contributed by atoms with E-state index in [4.69, 9.17) is 5.11 Å². The molecule has 51 heavy (non-hydrogen) atoms. The van der Waals surface area contributed by atoms with Crippen molar-refractivity contribution in [2.45, 2.75) is 103 Å². The van der Waals surface area contributed by atoms with Crippen molar-refractivity contribution >= 4 is 5.97 Å². The third-order valence-electron chi connectivity index (χ3n) is 6.40. The van der Waals surface area contributed by atoms with Gasteiger partial charge < -0.3 is 5.11 Å². The lowest BCUT2D eigenvalue weighted by molar-refractivity contribution is -0.487. The number of hydrogen-bond donors (Lipinski definition) is 1. The zero-order chi connectivity index (χ0) is 42.3. The highest BCUT2D eigenvalue weighted by Crippen LogP contribution is 2.69. The van der Waals surface area contributed by atoms with E-state index in [0.717, 1.165) is 0 Å². The lowest BCUT2D eigenvalue weighted by atomic mass is 9.83. The highest BCUT2D eigenvalue weighted by Gasteiger charge is 3.00. The molecule has 0 atom stereocenters. The number of hydrogen-bond acceptors (Lipinski definition) is 1. The smallest absolute Gasteiger partial charge is 0.460 e. The van der Waals surface area contributed by atoms with E-state index >= 15 is 0 Å². The normalized spacial score (nSPS) is 16.9. The minimum Gasteiger partial charge on any atom is -0.478 e. The second-order valence-electron chi connectivity index (χ2n) is 9.83. The Labute approximate surface area is 259 Å². The molecule has 304 valence electrons. The molecule has 0 saturated carbocycles. The SMILES string of the molecule is CC(=CCCC(F)(F)C(F)(F)C(F)(F)C(F)(F)C(F)(F)C(F)(F)C(F)(F)C(F)(F)C(F)(F)C(F)(F)C(F)(F)C(F)(F)C(F)(F)C(F)(F)F)C(=O)O. The Hall–Kier alpha value is -2.82. The fourth-order valence-electron chi connectivity index (χ4n) is 3.09. The number of carboxylic acid groups (broad SMARTS) is 1. The molecule has 0 aliphatic rings. The van der Waals surface area contributed by atoms with Crippen LogP contribution in [-0.2, 0) is 4.79 Å². The fourth-order valence-corrected chi connectivity index (χ4v) is 3.09. The number of alkyl halides is 29. The molecule has 0 aliphatic heterocycles. The van der Waals surface area contributed by atoms with Crippen LogP contribution in [0.4, 0.5) is 127 Å². The van der Waals surface area contributed by atoms with Crippen LogP contribution in [0.3, 0.4) is 0 Å². The summed E-state index contributed by atoms with van der Waals surface area (Å²) < 4.78 is 391. The number of halogens is 29. The van der Waals surface area contributed by atoms with Crippen LogP contribution >= 0.6 is 0 Å². The molecule has 0 rings (SSSR count). The largest absolute Gasteiger partial charge is 0.478 e. The molecule has 0 unspecified atom stereocenters. The highest BCUT2D eigenvalue weighted by atomic mass is 19.4. The van der Waals surface area contributed by atoms with E-state index in [-0.39, 0.29) is 6.08 Å². The monoisotopic (exact) mass is 832 g/mol. The van der Waals surface area contributed by atoms with Crippen LogP contribution in [0, 0.1) is 0 Å². The molecule has 0 bridgehead atoms. The second kappa shape index (κ2) is 12.4. The summed E-state index contributed by atoms with van der Waals surface area (Å²) in [5.41, 5.74) is -1.14. The highest BCUT2D eigenvalue weighted by molar-refractivity contribution is 5.85. The van der Waals surface area contributed by atoms with Crippen molar-refractivity contribution in [2.24, 2.45) is 0 Å². The van der Waals surface area contributed by atoms with Crippen LogP contribution < -0.4 is 0 Å². The van der Waals surface area contributed by atoms with Crippen LogP contribution in [0.5, 0.6) is 0 Å². The van der Waals surface area contributed by atoms with Crippen LogP contribution in [0.2, 0.25) is 0 Å². The van der Waals surface area contributed by atoms with E-state index in [9.17, 15) is 132 Å². The van der Waals surface area contributed by atoms with Gasteiger partial charge in [-0.15, -0.1) is 0 Å². The summed E-state index contributed by atoms with van der Waals surface area (Å²) in [4.78, 5) is 10.5. The summed E-state index contributed by atoms with van der Waals surface area (Å²) in [6.07, 6.45) is -13.5. The van der Waals surface area contributed by atoms with Crippen molar-refractivity contribution in [3.8, 4) is 0 Å².